The summed E-state index contributed by atoms with van der Waals surface area (Å²) in [5.41, 5.74) is 1.65. The molecule has 1 nitrogen and oxygen atoms in total. The maximum absolute atomic E-state index is 2.53. The summed E-state index contributed by atoms with van der Waals surface area (Å²) in [6.45, 7) is 14.6. The maximum atomic E-state index is 2.53. The van der Waals surface area contributed by atoms with E-state index in [9.17, 15) is 0 Å². The third-order valence-electron chi connectivity index (χ3n) is 2.61. The van der Waals surface area contributed by atoms with Gasteiger partial charge < -0.3 is 0 Å². The van der Waals surface area contributed by atoms with Crippen molar-refractivity contribution in [3.63, 3.8) is 0 Å². The van der Waals surface area contributed by atoms with E-state index in [1.807, 2.05) is 13.8 Å². The minimum absolute atomic E-state index is 0.758. The van der Waals surface area contributed by atoms with E-state index in [4.69, 9.17) is 0 Å². The lowest BCUT2D eigenvalue weighted by Gasteiger charge is -2.27. The van der Waals surface area contributed by atoms with Crippen molar-refractivity contribution in [1.29, 1.82) is 0 Å². The van der Waals surface area contributed by atoms with Crippen LogP contribution in [0.4, 0.5) is 0 Å². The SMILES string of the molecule is CC.CCCN1CC=C(C(C)C)CC1. The molecule has 0 bridgehead atoms. The molecule has 0 N–H and O–H groups in total. The first-order valence-corrected chi connectivity index (χ1v) is 6.15. The molecular formula is C13H27N. The molecule has 1 aliphatic heterocycles. The number of hydrogen-bond donors (Lipinski definition) is 0. The monoisotopic (exact) mass is 197 g/mol. The highest BCUT2D eigenvalue weighted by molar-refractivity contribution is 5.09. The van der Waals surface area contributed by atoms with Gasteiger partial charge in [0, 0.05) is 13.1 Å². The molecule has 0 aromatic heterocycles. The molecule has 1 rings (SSSR count). The maximum Gasteiger partial charge on any atom is 0.0166 e. The molecule has 0 atom stereocenters. The molecule has 0 amide bonds. The van der Waals surface area contributed by atoms with Crippen LogP contribution in [0.5, 0.6) is 0 Å². The van der Waals surface area contributed by atoms with Gasteiger partial charge in [0.25, 0.3) is 0 Å². The van der Waals surface area contributed by atoms with Crippen molar-refractivity contribution in [1.82, 2.24) is 4.90 Å². The highest BCUT2D eigenvalue weighted by atomic mass is 15.1. The van der Waals surface area contributed by atoms with Gasteiger partial charge in [-0.05, 0) is 25.3 Å². The van der Waals surface area contributed by atoms with Crippen molar-refractivity contribution >= 4 is 0 Å². The van der Waals surface area contributed by atoms with Crippen LogP contribution in [0.2, 0.25) is 0 Å². The van der Waals surface area contributed by atoms with Gasteiger partial charge in [-0.1, -0.05) is 46.3 Å². The van der Waals surface area contributed by atoms with Crippen LogP contribution < -0.4 is 0 Å². The zero-order chi connectivity index (χ0) is 11.0. The first kappa shape index (κ1) is 13.7. The highest BCUT2D eigenvalue weighted by Gasteiger charge is 2.11. The van der Waals surface area contributed by atoms with Crippen LogP contribution in [0, 0.1) is 5.92 Å². The van der Waals surface area contributed by atoms with Crippen LogP contribution in [0.1, 0.15) is 47.5 Å². The first-order valence-electron chi connectivity index (χ1n) is 6.15. The Balaban J connectivity index is 0.000000791. The molecule has 0 unspecified atom stereocenters. The second kappa shape index (κ2) is 8.05. The van der Waals surface area contributed by atoms with Crippen LogP contribution in [0.3, 0.4) is 0 Å². The number of hydrogen-bond acceptors (Lipinski definition) is 1. The van der Waals surface area contributed by atoms with Gasteiger partial charge >= 0.3 is 0 Å². The first-order chi connectivity index (χ1) is 6.74. The summed E-state index contributed by atoms with van der Waals surface area (Å²) < 4.78 is 0. The molecular weight excluding hydrogens is 170 g/mol. The van der Waals surface area contributed by atoms with E-state index < -0.39 is 0 Å². The van der Waals surface area contributed by atoms with Crippen molar-refractivity contribution in [2.75, 3.05) is 19.6 Å². The zero-order valence-electron chi connectivity index (χ0n) is 10.6. The normalized spacial score (nSPS) is 17.4. The third kappa shape index (κ3) is 4.80. The van der Waals surface area contributed by atoms with Gasteiger partial charge in [0.15, 0.2) is 0 Å². The molecule has 0 radical (unpaired) electrons. The Morgan fingerprint density at radius 1 is 1.36 bits per heavy atom. The Morgan fingerprint density at radius 3 is 2.36 bits per heavy atom. The van der Waals surface area contributed by atoms with E-state index in [0.29, 0.717) is 0 Å². The van der Waals surface area contributed by atoms with Crippen molar-refractivity contribution in [2.45, 2.75) is 47.5 Å². The number of nitrogens with zero attached hydrogens (tertiary/aromatic N) is 1. The van der Waals surface area contributed by atoms with Crippen molar-refractivity contribution in [2.24, 2.45) is 5.92 Å². The quantitative estimate of drug-likeness (QED) is 0.623. The largest absolute Gasteiger partial charge is 0.299 e. The summed E-state index contributed by atoms with van der Waals surface area (Å²) in [5, 5.41) is 0. The van der Waals surface area contributed by atoms with E-state index in [2.05, 4.69) is 31.7 Å². The van der Waals surface area contributed by atoms with E-state index in [1.165, 1.54) is 32.5 Å². The Labute approximate surface area is 90.2 Å². The van der Waals surface area contributed by atoms with Gasteiger partial charge in [0.1, 0.15) is 0 Å². The van der Waals surface area contributed by atoms with Gasteiger partial charge in [-0.15, -0.1) is 0 Å². The molecule has 0 aromatic carbocycles. The second-order valence-corrected chi connectivity index (χ2v) is 3.98. The predicted octanol–water partition coefficient (Wildman–Crippen LogP) is 3.71. The lowest BCUT2D eigenvalue weighted by Crippen LogP contribution is -2.30. The molecule has 1 aliphatic rings. The van der Waals surface area contributed by atoms with Gasteiger partial charge in [-0.2, -0.15) is 0 Å². The lowest BCUT2D eigenvalue weighted by atomic mass is 9.97. The summed E-state index contributed by atoms with van der Waals surface area (Å²) in [4.78, 5) is 2.53. The van der Waals surface area contributed by atoms with E-state index in [1.54, 1.807) is 5.57 Å². The smallest absolute Gasteiger partial charge is 0.0166 e. The van der Waals surface area contributed by atoms with Crippen molar-refractivity contribution in [3.8, 4) is 0 Å². The molecule has 0 aliphatic carbocycles. The Bertz CT molecular complexity index is 159. The minimum Gasteiger partial charge on any atom is -0.299 e. The summed E-state index contributed by atoms with van der Waals surface area (Å²) in [7, 11) is 0. The summed E-state index contributed by atoms with van der Waals surface area (Å²) in [5.74, 6) is 0.758. The fraction of sp³-hybridized carbons (Fsp3) is 0.846. The van der Waals surface area contributed by atoms with Crippen molar-refractivity contribution < 1.29 is 0 Å². The molecule has 0 aromatic rings. The average molecular weight is 197 g/mol. The zero-order valence-corrected chi connectivity index (χ0v) is 10.6. The molecule has 0 fully saturated rings. The van der Waals surface area contributed by atoms with Gasteiger partial charge in [0.2, 0.25) is 0 Å². The predicted molar refractivity (Wildman–Crippen MR) is 65.6 cm³/mol. The third-order valence-corrected chi connectivity index (χ3v) is 2.61. The van der Waals surface area contributed by atoms with E-state index >= 15 is 0 Å². The molecule has 0 saturated heterocycles. The molecule has 84 valence electrons. The summed E-state index contributed by atoms with van der Waals surface area (Å²) >= 11 is 0. The highest BCUT2D eigenvalue weighted by Crippen LogP contribution is 2.18. The fourth-order valence-electron chi connectivity index (χ4n) is 1.77. The Hall–Kier alpha value is -0.300. The van der Waals surface area contributed by atoms with Crippen molar-refractivity contribution in [3.05, 3.63) is 11.6 Å². The fourth-order valence-corrected chi connectivity index (χ4v) is 1.77. The van der Waals surface area contributed by atoms with Gasteiger partial charge in [-0.3, -0.25) is 4.90 Å². The van der Waals surface area contributed by atoms with E-state index in [0.717, 1.165) is 5.92 Å². The summed E-state index contributed by atoms with van der Waals surface area (Å²) in [6.07, 6.45) is 4.99. The topological polar surface area (TPSA) is 3.24 Å². The minimum atomic E-state index is 0.758. The summed E-state index contributed by atoms with van der Waals surface area (Å²) in [6, 6.07) is 0. The lowest BCUT2D eigenvalue weighted by molar-refractivity contribution is 0.289. The average Bonchev–Trinajstić information content (AvgIpc) is 2.22. The number of rotatable bonds is 3. The van der Waals surface area contributed by atoms with E-state index in [-0.39, 0.29) is 0 Å². The molecule has 1 heteroatoms. The molecule has 0 spiro atoms. The second-order valence-electron chi connectivity index (χ2n) is 3.98. The Morgan fingerprint density at radius 2 is 2.00 bits per heavy atom. The van der Waals surface area contributed by atoms with Crippen LogP contribution in [0.25, 0.3) is 0 Å². The van der Waals surface area contributed by atoms with Crippen LogP contribution >= 0.6 is 0 Å². The Kier molecular flexibility index (Phi) is 7.87. The molecule has 1 heterocycles. The molecule has 0 saturated carbocycles. The van der Waals surface area contributed by atoms with Gasteiger partial charge in [0.05, 0.1) is 0 Å². The molecule has 14 heavy (non-hydrogen) atoms. The standard InChI is InChI=1S/C11H21N.C2H6/c1-4-7-12-8-5-11(6-9-12)10(2)3;1-2/h5,10H,4,6-9H2,1-3H3;1-2H3. The van der Waals surface area contributed by atoms with Gasteiger partial charge in [-0.25, -0.2) is 0 Å². The van der Waals surface area contributed by atoms with Crippen LogP contribution in [-0.2, 0) is 0 Å². The van der Waals surface area contributed by atoms with Crippen LogP contribution in [-0.4, -0.2) is 24.5 Å². The van der Waals surface area contributed by atoms with Crippen LogP contribution in [0.15, 0.2) is 11.6 Å².